The second kappa shape index (κ2) is 1.83. The van der Waals surface area contributed by atoms with E-state index >= 15 is 0 Å². The van der Waals surface area contributed by atoms with Gasteiger partial charge in [-0.1, -0.05) is 5.22 Å². The predicted octanol–water partition coefficient (Wildman–Crippen LogP) is 1.64. The fourth-order valence-corrected chi connectivity index (χ4v) is 0.824. The maximum Gasteiger partial charge on any atom is 0.0981 e. The normalized spacial score (nSPS) is 22.8. The summed E-state index contributed by atoms with van der Waals surface area (Å²) >= 11 is 0. The first-order chi connectivity index (χ1) is 4.10. The van der Waals surface area contributed by atoms with E-state index in [-0.39, 0.29) is 5.54 Å². The quantitative estimate of drug-likeness (QED) is 0.525. The van der Waals surface area contributed by atoms with Gasteiger partial charge in [-0.25, -0.2) is 0 Å². The molecule has 0 radical (unpaired) electrons. The molecule has 3 nitrogen and oxygen atoms in total. The summed E-state index contributed by atoms with van der Waals surface area (Å²) in [7, 11) is 0. The highest BCUT2D eigenvalue weighted by Gasteiger charge is 2.15. The maximum absolute atomic E-state index is 3.95. The largest absolute Gasteiger partial charge is 0.265 e. The number of rotatable bonds is 0. The van der Waals surface area contributed by atoms with Gasteiger partial charge in [0, 0.05) is 5.70 Å². The second-order valence-corrected chi connectivity index (χ2v) is 2.79. The molecule has 0 aromatic heterocycles. The fourth-order valence-electron chi connectivity index (χ4n) is 0.824. The average molecular weight is 125 g/mol. The van der Waals surface area contributed by atoms with Crippen LogP contribution in [-0.4, -0.2) is 5.54 Å². The van der Waals surface area contributed by atoms with Gasteiger partial charge in [0.15, 0.2) is 0 Å². The second-order valence-electron chi connectivity index (χ2n) is 2.79. The number of hydrogen-bond acceptors (Lipinski definition) is 3. The lowest BCUT2D eigenvalue weighted by Gasteiger charge is -2.17. The molecule has 9 heavy (non-hydrogen) atoms. The van der Waals surface area contributed by atoms with Gasteiger partial charge in [-0.05, 0) is 26.8 Å². The lowest BCUT2D eigenvalue weighted by atomic mass is 10.1. The van der Waals surface area contributed by atoms with E-state index in [9.17, 15) is 0 Å². The van der Waals surface area contributed by atoms with Crippen molar-refractivity contribution in [1.82, 2.24) is 5.43 Å². The van der Waals surface area contributed by atoms with Crippen LogP contribution in [0.5, 0.6) is 0 Å². The minimum Gasteiger partial charge on any atom is -0.265 e. The summed E-state index contributed by atoms with van der Waals surface area (Å²) in [6.07, 6.45) is 2.04. The Hall–Kier alpha value is -0.860. The number of nitrogens with zero attached hydrogens (tertiary/aromatic N) is 2. The van der Waals surface area contributed by atoms with Crippen molar-refractivity contribution in [3.05, 3.63) is 11.8 Å². The van der Waals surface area contributed by atoms with Crippen molar-refractivity contribution in [2.75, 3.05) is 0 Å². The Bertz CT molecular complexity index is 167. The Morgan fingerprint density at radius 3 is 2.56 bits per heavy atom. The van der Waals surface area contributed by atoms with Crippen LogP contribution in [0, 0.1) is 0 Å². The summed E-state index contributed by atoms with van der Waals surface area (Å²) in [5.74, 6) is 0. The molecule has 1 heterocycles. The van der Waals surface area contributed by atoms with E-state index in [2.05, 4.69) is 15.8 Å². The molecule has 1 N–H and O–H groups in total. The van der Waals surface area contributed by atoms with Gasteiger partial charge in [-0.15, -0.1) is 0 Å². The Kier molecular flexibility index (Phi) is 1.27. The fraction of sp³-hybridized carbons (Fsp3) is 0.667. The van der Waals surface area contributed by atoms with E-state index < -0.39 is 0 Å². The van der Waals surface area contributed by atoms with Crippen molar-refractivity contribution in [2.24, 2.45) is 10.3 Å². The maximum atomic E-state index is 3.95. The molecule has 0 aromatic carbocycles. The van der Waals surface area contributed by atoms with E-state index in [1.54, 1.807) is 0 Å². The molecule has 0 unspecified atom stereocenters. The van der Waals surface area contributed by atoms with Crippen LogP contribution in [0.1, 0.15) is 20.8 Å². The summed E-state index contributed by atoms with van der Waals surface area (Å²) in [6, 6.07) is 0. The molecule has 1 aliphatic rings. The highest BCUT2D eigenvalue weighted by atomic mass is 15.4. The number of hydrogen-bond donors (Lipinski definition) is 1. The number of allylic oxidation sites excluding steroid dienone is 1. The van der Waals surface area contributed by atoms with E-state index in [1.807, 2.05) is 26.8 Å². The first-order valence-corrected chi connectivity index (χ1v) is 2.97. The van der Waals surface area contributed by atoms with Crippen LogP contribution in [0.3, 0.4) is 0 Å². The van der Waals surface area contributed by atoms with Crippen molar-refractivity contribution < 1.29 is 0 Å². The minimum absolute atomic E-state index is 0.116. The van der Waals surface area contributed by atoms with Crippen LogP contribution in [0.4, 0.5) is 0 Å². The predicted molar refractivity (Wildman–Crippen MR) is 35.8 cm³/mol. The lowest BCUT2D eigenvalue weighted by molar-refractivity contribution is 0.542. The zero-order chi connectivity index (χ0) is 6.91. The molecular weight excluding hydrogens is 114 g/mol. The molecule has 0 amide bonds. The van der Waals surface area contributed by atoms with Gasteiger partial charge < -0.3 is 0 Å². The molecule has 50 valence electrons. The zero-order valence-corrected chi connectivity index (χ0v) is 5.97. The van der Waals surface area contributed by atoms with Crippen LogP contribution >= 0.6 is 0 Å². The Balaban J connectivity index is 2.78. The van der Waals surface area contributed by atoms with Crippen LogP contribution in [0.25, 0.3) is 0 Å². The molecule has 0 atom stereocenters. The molecule has 0 aromatic rings. The molecular formula is C6H11N3. The summed E-state index contributed by atoms with van der Waals surface area (Å²) in [5.41, 5.74) is 3.71. The smallest absolute Gasteiger partial charge is 0.0981 e. The molecule has 0 saturated carbocycles. The minimum atomic E-state index is -0.116. The molecule has 0 fully saturated rings. The van der Waals surface area contributed by atoms with Gasteiger partial charge in [0.25, 0.3) is 0 Å². The molecule has 1 aliphatic heterocycles. The van der Waals surface area contributed by atoms with Crippen LogP contribution < -0.4 is 5.43 Å². The third-order valence-corrected chi connectivity index (χ3v) is 1.10. The molecule has 0 aliphatic carbocycles. The summed E-state index contributed by atoms with van der Waals surface area (Å²) < 4.78 is 0. The molecule has 0 bridgehead atoms. The van der Waals surface area contributed by atoms with Gasteiger partial charge in [0.2, 0.25) is 0 Å². The topological polar surface area (TPSA) is 36.8 Å². The van der Waals surface area contributed by atoms with Gasteiger partial charge in [-0.2, -0.15) is 5.11 Å². The molecule has 3 heteroatoms. The summed E-state index contributed by atoms with van der Waals surface area (Å²) in [4.78, 5) is 0. The van der Waals surface area contributed by atoms with Crippen LogP contribution in [0.2, 0.25) is 0 Å². The van der Waals surface area contributed by atoms with Gasteiger partial charge >= 0.3 is 0 Å². The Morgan fingerprint density at radius 2 is 2.22 bits per heavy atom. The van der Waals surface area contributed by atoms with Gasteiger partial charge in [-0.3, -0.25) is 5.43 Å². The van der Waals surface area contributed by atoms with Crippen LogP contribution in [0.15, 0.2) is 22.1 Å². The van der Waals surface area contributed by atoms with Gasteiger partial charge in [0.05, 0.1) is 5.54 Å². The average Bonchev–Trinajstić information content (AvgIpc) is 1.60. The molecule has 0 spiro atoms. The van der Waals surface area contributed by atoms with Crippen molar-refractivity contribution in [3.8, 4) is 0 Å². The first-order valence-electron chi connectivity index (χ1n) is 2.97. The van der Waals surface area contributed by atoms with Crippen molar-refractivity contribution in [1.29, 1.82) is 0 Å². The van der Waals surface area contributed by atoms with Crippen molar-refractivity contribution in [2.45, 2.75) is 26.3 Å². The highest BCUT2D eigenvalue weighted by Crippen LogP contribution is 2.15. The SMILES string of the molecule is CC1=CC(C)(C)N=NN1. The van der Waals surface area contributed by atoms with E-state index in [0.29, 0.717) is 0 Å². The Morgan fingerprint density at radius 1 is 1.56 bits per heavy atom. The first kappa shape index (κ1) is 6.26. The van der Waals surface area contributed by atoms with Crippen molar-refractivity contribution in [3.63, 3.8) is 0 Å². The lowest BCUT2D eigenvalue weighted by Crippen LogP contribution is -2.20. The molecule has 1 rings (SSSR count). The standard InChI is InChI=1S/C6H11N3/c1-5-4-6(2,3)8-9-7-5/h4H,1-3H3,(H,7,8). The molecule has 0 saturated heterocycles. The van der Waals surface area contributed by atoms with E-state index in [4.69, 9.17) is 0 Å². The number of nitrogens with one attached hydrogen (secondary N) is 1. The van der Waals surface area contributed by atoms with Crippen molar-refractivity contribution >= 4 is 0 Å². The highest BCUT2D eigenvalue weighted by molar-refractivity contribution is 5.09. The third-order valence-electron chi connectivity index (χ3n) is 1.10. The monoisotopic (exact) mass is 125 g/mol. The Labute approximate surface area is 54.8 Å². The summed E-state index contributed by atoms with van der Waals surface area (Å²) in [5, 5.41) is 7.67. The van der Waals surface area contributed by atoms with E-state index in [1.165, 1.54) is 0 Å². The zero-order valence-electron chi connectivity index (χ0n) is 5.97. The van der Waals surface area contributed by atoms with E-state index in [0.717, 1.165) is 5.70 Å². The van der Waals surface area contributed by atoms with Gasteiger partial charge in [0.1, 0.15) is 0 Å². The summed E-state index contributed by atoms with van der Waals surface area (Å²) in [6.45, 7) is 6.00. The third kappa shape index (κ3) is 1.52. The van der Waals surface area contributed by atoms with Crippen LogP contribution in [-0.2, 0) is 0 Å².